The summed E-state index contributed by atoms with van der Waals surface area (Å²) < 4.78 is 0.945. The molecule has 4 rings (SSSR count). The van der Waals surface area contributed by atoms with E-state index in [2.05, 4.69) is 35.8 Å². The van der Waals surface area contributed by atoms with Crippen LogP contribution in [0.1, 0.15) is 43.0 Å². The van der Waals surface area contributed by atoms with Crippen LogP contribution >= 0.6 is 27.3 Å². The third-order valence-electron chi connectivity index (χ3n) is 5.51. The largest absolute Gasteiger partial charge is 0.384 e. The highest BCUT2D eigenvalue weighted by atomic mass is 79.9. The van der Waals surface area contributed by atoms with Crippen LogP contribution in [-0.4, -0.2) is 5.78 Å². The summed E-state index contributed by atoms with van der Waals surface area (Å²) in [5.41, 5.74) is 10.5. The number of hydrogen-bond donors (Lipinski definition) is 1. The van der Waals surface area contributed by atoms with E-state index >= 15 is 0 Å². The number of halogens is 1. The van der Waals surface area contributed by atoms with Crippen molar-refractivity contribution in [2.45, 2.75) is 39.5 Å². The average molecular weight is 468 g/mol. The molecule has 0 bridgehead atoms. The first-order valence-corrected chi connectivity index (χ1v) is 11.2. The minimum absolute atomic E-state index is 0.101. The number of thiophene rings is 1. The van der Waals surface area contributed by atoms with E-state index in [0.717, 1.165) is 32.7 Å². The normalized spacial score (nSPS) is 21.3. The van der Waals surface area contributed by atoms with Crippen molar-refractivity contribution in [3.63, 3.8) is 0 Å². The molecule has 1 atom stereocenters. The number of nitrogens with zero attached hydrogens (tertiary/aromatic N) is 2. The van der Waals surface area contributed by atoms with E-state index in [-0.39, 0.29) is 11.2 Å². The van der Waals surface area contributed by atoms with Crippen LogP contribution < -0.4 is 10.6 Å². The number of anilines is 1. The summed E-state index contributed by atoms with van der Waals surface area (Å²) in [4.78, 5) is 16.3. The number of aryl methyl sites for hydroxylation is 1. The quantitative estimate of drug-likeness (QED) is 0.609. The molecule has 2 N–H and O–H groups in total. The van der Waals surface area contributed by atoms with E-state index in [0.29, 0.717) is 23.4 Å². The maximum atomic E-state index is 13.4. The number of Topliss-reactive ketones (excluding diaryl/α,β-unsaturated/α-hetero) is 1. The van der Waals surface area contributed by atoms with Crippen molar-refractivity contribution in [1.29, 1.82) is 5.26 Å². The highest BCUT2D eigenvalue weighted by Gasteiger charge is 2.45. The fourth-order valence-corrected chi connectivity index (χ4v) is 5.90. The number of rotatable bonds is 2. The first-order valence-electron chi connectivity index (χ1n) is 9.48. The van der Waals surface area contributed by atoms with Gasteiger partial charge in [0, 0.05) is 38.1 Å². The molecule has 148 valence electrons. The van der Waals surface area contributed by atoms with E-state index in [1.165, 1.54) is 0 Å². The number of nitriles is 1. The van der Waals surface area contributed by atoms with Gasteiger partial charge >= 0.3 is 0 Å². The minimum atomic E-state index is -0.407. The first kappa shape index (κ1) is 19.9. The van der Waals surface area contributed by atoms with E-state index in [4.69, 9.17) is 5.73 Å². The molecule has 1 aliphatic heterocycles. The third-order valence-corrected chi connectivity index (χ3v) is 7.27. The van der Waals surface area contributed by atoms with Gasteiger partial charge in [0.05, 0.1) is 17.6 Å². The molecule has 0 spiro atoms. The first-order chi connectivity index (χ1) is 13.7. The van der Waals surface area contributed by atoms with Crippen LogP contribution in [0.2, 0.25) is 0 Å². The van der Waals surface area contributed by atoms with E-state index < -0.39 is 5.92 Å². The fourth-order valence-electron chi connectivity index (χ4n) is 4.33. The topological polar surface area (TPSA) is 70.1 Å². The number of hydrogen-bond acceptors (Lipinski definition) is 5. The number of ketones is 1. The number of carbonyl (C=O) groups is 1. The molecule has 0 radical (unpaired) electrons. The zero-order chi connectivity index (χ0) is 20.9. The zero-order valence-electron chi connectivity index (χ0n) is 16.6. The molecule has 2 heterocycles. The van der Waals surface area contributed by atoms with Crippen molar-refractivity contribution >= 4 is 38.7 Å². The number of carbonyl (C=O) groups excluding carboxylic acids is 1. The SMILES string of the molecule is Cc1cccc(N2C(N)=C(C#N)[C@@H](c3cc(Br)cs3)C3=C2CC(C)(C)CC3=O)c1. The van der Waals surface area contributed by atoms with Crippen molar-refractivity contribution in [1.82, 2.24) is 0 Å². The van der Waals surface area contributed by atoms with Gasteiger partial charge in [-0.25, -0.2) is 0 Å². The summed E-state index contributed by atoms with van der Waals surface area (Å²) >= 11 is 5.04. The molecule has 1 aromatic heterocycles. The van der Waals surface area contributed by atoms with Gasteiger partial charge in [-0.05, 0) is 58.5 Å². The Bertz CT molecular complexity index is 1120. The summed E-state index contributed by atoms with van der Waals surface area (Å²) in [7, 11) is 0. The molecule has 0 fully saturated rings. The molecule has 2 aromatic rings. The lowest BCUT2D eigenvalue weighted by atomic mass is 9.69. The van der Waals surface area contributed by atoms with Gasteiger partial charge in [-0.1, -0.05) is 26.0 Å². The molecule has 1 aliphatic carbocycles. The van der Waals surface area contributed by atoms with E-state index in [1.54, 1.807) is 11.3 Å². The van der Waals surface area contributed by atoms with Crippen LogP contribution in [0.4, 0.5) is 5.69 Å². The predicted molar refractivity (Wildman–Crippen MR) is 120 cm³/mol. The molecular formula is C23H22BrN3OS. The number of allylic oxidation sites excluding steroid dienone is 3. The molecular weight excluding hydrogens is 446 g/mol. The Morgan fingerprint density at radius 2 is 2.07 bits per heavy atom. The predicted octanol–water partition coefficient (Wildman–Crippen LogP) is 5.76. The molecule has 2 aliphatic rings. The van der Waals surface area contributed by atoms with Gasteiger partial charge in [-0.2, -0.15) is 5.26 Å². The summed E-state index contributed by atoms with van der Waals surface area (Å²) in [6.07, 6.45) is 1.19. The highest BCUT2D eigenvalue weighted by Crippen LogP contribution is 2.51. The lowest BCUT2D eigenvalue weighted by Crippen LogP contribution is -2.42. The standard InChI is InChI=1S/C23H22BrN3OS/c1-13-5-4-6-15(7-13)27-17-9-23(2,3)10-18(28)21(17)20(16(11-25)22(27)26)19-8-14(24)12-29-19/h4-8,12,20H,9-10,26H2,1-3H3/t20-/m0/s1. The molecule has 1 aromatic carbocycles. The van der Waals surface area contributed by atoms with Crippen LogP contribution in [0.15, 0.2) is 62.8 Å². The minimum Gasteiger partial charge on any atom is -0.384 e. The van der Waals surface area contributed by atoms with E-state index in [1.807, 2.05) is 47.5 Å². The van der Waals surface area contributed by atoms with Gasteiger partial charge in [0.2, 0.25) is 0 Å². The van der Waals surface area contributed by atoms with Crippen molar-refractivity contribution in [2.75, 3.05) is 4.90 Å². The van der Waals surface area contributed by atoms with Crippen LogP contribution in [0.25, 0.3) is 0 Å². The highest BCUT2D eigenvalue weighted by molar-refractivity contribution is 9.10. The van der Waals surface area contributed by atoms with E-state index in [9.17, 15) is 10.1 Å². The maximum absolute atomic E-state index is 13.4. The Hall–Kier alpha value is -2.36. The van der Waals surface area contributed by atoms with Gasteiger partial charge in [0.1, 0.15) is 5.82 Å². The van der Waals surface area contributed by atoms with Crippen LogP contribution in [-0.2, 0) is 4.79 Å². The summed E-state index contributed by atoms with van der Waals surface area (Å²) in [6.45, 7) is 6.24. The Kier molecular flexibility index (Phi) is 4.92. The molecule has 0 unspecified atom stereocenters. The zero-order valence-corrected chi connectivity index (χ0v) is 19.0. The lowest BCUT2D eigenvalue weighted by molar-refractivity contribution is -0.118. The molecule has 29 heavy (non-hydrogen) atoms. The van der Waals surface area contributed by atoms with Crippen molar-refractivity contribution in [2.24, 2.45) is 11.1 Å². The summed E-state index contributed by atoms with van der Waals surface area (Å²) in [5, 5.41) is 12.0. The molecule has 0 saturated carbocycles. The van der Waals surface area contributed by atoms with Gasteiger partial charge in [0.15, 0.2) is 5.78 Å². The smallest absolute Gasteiger partial charge is 0.162 e. The second kappa shape index (κ2) is 7.16. The lowest BCUT2D eigenvalue weighted by Gasteiger charge is -2.43. The van der Waals surface area contributed by atoms with Gasteiger partial charge in [-0.3, -0.25) is 9.69 Å². The monoisotopic (exact) mass is 467 g/mol. The van der Waals surface area contributed by atoms with Crippen LogP contribution in [0.5, 0.6) is 0 Å². The van der Waals surface area contributed by atoms with Crippen molar-refractivity contribution in [3.05, 3.63) is 73.3 Å². The summed E-state index contributed by atoms with van der Waals surface area (Å²) in [5.74, 6) is 0.108. The van der Waals surface area contributed by atoms with Gasteiger partial charge in [0.25, 0.3) is 0 Å². The molecule has 6 heteroatoms. The number of benzene rings is 1. The third kappa shape index (κ3) is 3.43. The maximum Gasteiger partial charge on any atom is 0.162 e. The molecule has 0 saturated heterocycles. The Morgan fingerprint density at radius 3 is 2.69 bits per heavy atom. The van der Waals surface area contributed by atoms with Crippen molar-refractivity contribution < 1.29 is 4.79 Å². The van der Waals surface area contributed by atoms with Crippen LogP contribution in [0.3, 0.4) is 0 Å². The summed E-state index contributed by atoms with van der Waals surface area (Å²) in [6, 6.07) is 12.3. The second-order valence-corrected chi connectivity index (χ2v) is 10.3. The Labute approximate surface area is 183 Å². The Morgan fingerprint density at radius 1 is 1.31 bits per heavy atom. The second-order valence-electron chi connectivity index (χ2n) is 8.49. The van der Waals surface area contributed by atoms with Crippen LogP contribution in [0, 0.1) is 23.7 Å². The van der Waals surface area contributed by atoms with Gasteiger partial charge in [-0.15, -0.1) is 11.3 Å². The molecule has 4 nitrogen and oxygen atoms in total. The van der Waals surface area contributed by atoms with Crippen molar-refractivity contribution in [3.8, 4) is 6.07 Å². The Balaban J connectivity index is 2.00. The average Bonchev–Trinajstić information content (AvgIpc) is 3.05. The van der Waals surface area contributed by atoms with Gasteiger partial charge < -0.3 is 5.73 Å². The number of nitrogens with two attached hydrogens (primary N) is 1. The molecule has 0 amide bonds. The fraction of sp³-hybridized carbons (Fsp3) is 0.304.